The SMILES string of the molecule is CS(=O)(=O)c1ccc(CNC(=O)C2C3CCC(C3)C2N)cc1.Cl. The molecular weight excluding hydrogens is 336 g/mol. The third kappa shape index (κ3) is 3.70. The highest BCUT2D eigenvalue weighted by molar-refractivity contribution is 7.90. The summed E-state index contributed by atoms with van der Waals surface area (Å²) in [6.07, 6.45) is 4.53. The highest BCUT2D eigenvalue weighted by Gasteiger charge is 2.48. The summed E-state index contributed by atoms with van der Waals surface area (Å²) >= 11 is 0. The van der Waals surface area contributed by atoms with Crippen molar-refractivity contribution in [3.8, 4) is 0 Å². The van der Waals surface area contributed by atoms with Gasteiger partial charge in [-0.3, -0.25) is 4.79 Å². The molecule has 3 N–H and O–H groups in total. The van der Waals surface area contributed by atoms with Crippen LogP contribution in [0.25, 0.3) is 0 Å². The molecule has 2 aliphatic rings. The molecular formula is C16H23ClN2O3S. The Labute approximate surface area is 143 Å². The molecule has 0 aromatic heterocycles. The van der Waals surface area contributed by atoms with Crippen molar-refractivity contribution in [1.82, 2.24) is 5.32 Å². The Hall–Kier alpha value is -1.11. The molecule has 1 aromatic carbocycles. The first kappa shape index (κ1) is 18.2. The van der Waals surface area contributed by atoms with E-state index in [2.05, 4.69) is 5.32 Å². The van der Waals surface area contributed by atoms with Gasteiger partial charge in [0.15, 0.2) is 9.84 Å². The van der Waals surface area contributed by atoms with Crippen LogP contribution in [0.1, 0.15) is 24.8 Å². The van der Waals surface area contributed by atoms with Crippen molar-refractivity contribution >= 4 is 28.2 Å². The van der Waals surface area contributed by atoms with Crippen LogP contribution < -0.4 is 11.1 Å². The monoisotopic (exact) mass is 358 g/mol. The van der Waals surface area contributed by atoms with E-state index in [1.807, 2.05) is 0 Å². The minimum atomic E-state index is -3.18. The fraction of sp³-hybridized carbons (Fsp3) is 0.562. The first-order valence-electron chi connectivity index (χ1n) is 7.68. The standard InChI is InChI=1S/C16H22N2O3S.ClH/c1-22(20,21)13-6-2-10(3-7-13)9-18-16(19)14-11-4-5-12(8-11)15(14)17;/h2-3,6-7,11-12,14-15H,4-5,8-9,17H2,1H3,(H,18,19);1H. The van der Waals surface area contributed by atoms with Crippen LogP contribution in [0, 0.1) is 17.8 Å². The molecule has 2 aliphatic carbocycles. The van der Waals surface area contributed by atoms with E-state index < -0.39 is 9.84 Å². The van der Waals surface area contributed by atoms with Gasteiger partial charge in [0, 0.05) is 18.8 Å². The lowest BCUT2D eigenvalue weighted by Gasteiger charge is -2.27. The maximum absolute atomic E-state index is 12.4. The number of hydrogen-bond acceptors (Lipinski definition) is 4. The van der Waals surface area contributed by atoms with Crippen LogP contribution in [0.5, 0.6) is 0 Å². The molecule has 1 amide bonds. The lowest BCUT2D eigenvalue weighted by molar-refractivity contribution is -0.127. The number of amides is 1. The lowest BCUT2D eigenvalue weighted by Crippen LogP contribution is -2.45. The van der Waals surface area contributed by atoms with Crippen LogP contribution in [0.3, 0.4) is 0 Å². The highest BCUT2D eigenvalue weighted by Crippen LogP contribution is 2.47. The second-order valence-electron chi connectivity index (χ2n) is 6.57. The van der Waals surface area contributed by atoms with Crippen LogP contribution in [-0.4, -0.2) is 26.6 Å². The summed E-state index contributed by atoms with van der Waals surface area (Å²) in [6, 6.07) is 6.60. The van der Waals surface area contributed by atoms with Crippen molar-refractivity contribution < 1.29 is 13.2 Å². The molecule has 0 radical (unpaired) electrons. The number of nitrogens with one attached hydrogen (secondary N) is 1. The Morgan fingerprint density at radius 3 is 2.35 bits per heavy atom. The number of carbonyl (C=O) groups excluding carboxylic acids is 1. The van der Waals surface area contributed by atoms with Gasteiger partial charge in [-0.25, -0.2) is 8.42 Å². The van der Waals surface area contributed by atoms with Crippen molar-refractivity contribution in [3.63, 3.8) is 0 Å². The Kier molecular flexibility index (Phi) is 5.38. The van der Waals surface area contributed by atoms with Crippen molar-refractivity contribution in [2.75, 3.05) is 6.26 Å². The number of rotatable bonds is 4. The molecule has 3 rings (SSSR count). The molecule has 1 aromatic rings. The van der Waals surface area contributed by atoms with Gasteiger partial charge in [0.1, 0.15) is 0 Å². The van der Waals surface area contributed by atoms with Crippen LogP contribution in [0.4, 0.5) is 0 Å². The van der Waals surface area contributed by atoms with Crippen molar-refractivity contribution in [2.45, 2.75) is 36.7 Å². The number of sulfone groups is 1. The van der Waals surface area contributed by atoms with E-state index in [4.69, 9.17) is 5.73 Å². The van der Waals surface area contributed by atoms with E-state index in [1.165, 1.54) is 6.26 Å². The minimum absolute atomic E-state index is 0. The summed E-state index contributed by atoms with van der Waals surface area (Å²) in [4.78, 5) is 12.6. The van der Waals surface area contributed by atoms with Crippen LogP contribution in [0.2, 0.25) is 0 Å². The first-order valence-corrected chi connectivity index (χ1v) is 9.57. The zero-order valence-electron chi connectivity index (χ0n) is 13.1. The zero-order chi connectivity index (χ0) is 15.9. The largest absolute Gasteiger partial charge is 0.352 e. The van der Waals surface area contributed by atoms with Gasteiger partial charge in [-0.15, -0.1) is 12.4 Å². The lowest BCUT2D eigenvalue weighted by atomic mass is 9.84. The number of carbonyl (C=O) groups is 1. The quantitative estimate of drug-likeness (QED) is 0.853. The summed E-state index contributed by atoms with van der Waals surface area (Å²) in [5, 5.41) is 2.95. The second kappa shape index (κ2) is 6.79. The number of halogens is 1. The molecule has 2 saturated carbocycles. The molecule has 4 atom stereocenters. The van der Waals surface area contributed by atoms with Crippen LogP contribution in [0.15, 0.2) is 29.2 Å². The van der Waals surface area contributed by atoms with Crippen molar-refractivity contribution in [2.24, 2.45) is 23.5 Å². The van der Waals surface area contributed by atoms with Gasteiger partial charge in [0.05, 0.1) is 10.8 Å². The van der Waals surface area contributed by atoms with Gasteiger partial charge < -0.3 is 11.1 Å². The molecule has 0 aliphatic heterocycles. The smallest absolute Gasteiger partial charge is 0.225 e. The van der Waals surface area contributed by atoms with E-state index in [0.29, 0.717) is 18.4 Å². The summed E-state index contributed by atoms with van der Waals surface area (Å²) < 4.78 is 22.8. The van der Waals surface area contributed by atoms with Gasteiger partial charge in [0.25, 0.3) is 0 Å². The number of nitrogens with two attached hydrogens (primary N) is 1. The summed E-state index contributed by atoms with van der Waals surface area (Å²) in [5.41, 5.74) is 7.06. The van der Waals surface area contributed by atoms with Crippen LogP contribution in [-0.2, 0) is 21.2 Å². The average molecular weight is 359 g/mol. The van der Waals surface area contributed by atoms with Gasteiger partial charge >= 0.3 is 0 Å². The molecule has 4 unspecified atom stereocenters. The predicted octanol–water partition coefficient (Wildman–Crippen LogP) is 1.50. The fourth-order valence-corrected chi connectivity index (χ4v) is 4.52. The second-order valence-corrected chi connectivity index (χ2v) is 8.59. The van der Waals surface area contributed by atoms with Crippen LogP contribution >= 0.6 is 12.4 Å². The molecule has 2 fully saturated rings. The molecule has 7 heteroatoms. The fourth-order valence-electron chi connectivity index (χ4n) is 3.89. The Morgan fingerprint density at radius 2 is 1.83 bits per heavy atom. The van der Waals surface area contributed by atoms with Gasteiger partial charge in [-0.05, 0) is 48.8 Å². The molecule has 2 bridgehead atoms. The molecule has 23 heavy (non-hydrogen) atoms. The first-order chi connectivity index (χ1) is 10.4. The number of benzene rings is 1. The van der Waals surface area contributed by atoms with E-state index in [9.17, 15) is 13.2 Å². The number of fused-ring (bicyclic) bond motifs is 2. The van der Waals surface area contributed by atoms with E-state index >= 15 is 0 Å². The molecule has 5 nitrogen and oxygen atoms in total. The normalized spacial score (nSPS) is 29.1. The van der Waals surface area contributed by atoms with Gasteiger partial charge in [-0.1, -0.05) is 12.1 Å². The van der Waals surface area contributed by atoms with E-state index in [0.717, 1.165) is 24.8 Å². The zero-order valence-corrected chi connectivity index (χ0v) is 14.7. The van der Waals surface area contributed by atoms with E-state index in [-0.39, 0.29) is 35.2 Å². The van der Waals surface area contributed by atoms with Gasteiger partial charge in [0.2, 0.25) is 5.91 Å². The average Bonchev–Trinajstić information content (AvgIpc) is 3.05. The van der Waals surface area contributed by atoms with Crippen molar-refractivity contribution in [1.29, 1.82) is 0 Å². The van der Waals surface area contributed by atoms with Crippen molar-refractivity contribution in [3.05, 3.63) is 29.8 Å². The molecule has 0 saturated heterocycles. The topological polar surface area (TPSA) is 89.3 Å². The molecule has 128 valence electrons. The Morgan fingerprint density at radius 1 is 1.22 bits per heavy atom. The molecule has 0 heterocycles. The molecule has 0 spiro atoms. The highest BCUT2D eigenvalue weighted by atomic mass is 35.5. The Bertz CT molecular complexity index is 673. The summed E-state index contributed by atoms with van der Waals surface area (Å²) in [5.74, 6) is 0.920. The predicted molar refractivity (Wildman–Crippen MR) is 90.9 cm³/mol. The minimum Gasteiger partial charge on any atom is -0.352 e. The number of hydrogen-bond donors (Lipinski definition) is 2. The maximum atomic E-state index is 12.4. The maximum Gasteiger partial charge on any atom is 0.225 e. The third-order valence-electron chi connectivity index (χ3n) is 5.10. The van der Waals surface area contributed by atoms with Gasteiger partial charge in [-0.2, -0.15) is 0 Å². The summed E-state index contributed by atoms with van der Waals surface area (Å²) in [6.45, 7) is 0.406. The Balaban J connectivity index is 0.00000192. The summed E-state index contributed by atoms with van der Waals surface area (Å²) in [7, 11) is -3.18. The third-order valence-corrected chi connectivity index (χ3v) is 6.23. The van der Waals surface area contributed by atoms with E-state index in [1.54, 1.807) is 24.3 Å².